The van der Waals surface area contributed by atoms with E-state index in [9.17, 15) is 18.0 Å². The third-order valence-electron chi connectivity index (χ3n) is 4.68. The number of anilines is 1. The summed E-state index contributed by atoms with van der Waals surface area (Å²) in [4.78, 5) is 24.9. The molecule has 0 spiro atoms. The highest BCUT2D eigenvalue weighted by atomic mass is 35.5. The second kappa shape index (κ2) is 11.1. The van der Waals surface area contributed by atoms with Crippen LogP contribution in [0.2, 0.25) is 5.02 Å². The van der Waals surface area contributed by atoms with Gasteiger partial charge < -0.3 is 10.1 Å². The van der Waals surface area contributed by atoms with Gasteiger partial charge in [0, 0.05) is 10.7 Å². The smallest absolute Gasteiger partial charge is 0.338 e. The SMILES string of the molecule is CCOC(=O)c1ccc(NC(=O)[C@@H](Cc2ccccc2)NS(=O)(=O)c2ccc(Cl)cc2)cc1. The van der Waals surface area contributed by atoms with Crippen molar-refractivity contribution in [1.29, 1.82) is 0 Å². The lowest BCUT2D eigenvalue weighted by Gasteiger charge is -2.19. The first-order valence-corrected chi connectivity index (χ1v) is 12.0. The van der Waals surface area contributed by atoms with Gasteiger partial charge in [0.2, 0.25) is 15.9 Å². The molecular weight excluding hydrogens is 464 g/mol. The van der Waals surface area contributed by atoms with Crippen LogP contribution in [0.5, 0.6) is 0 Å². The first-order valence-electron chi connectivity index (χ1n) is 10.2. The van der Waals surface area contributed by atoms with Gasteiger partial charge in [-0.2, -0.15) is 4.72 Å². The molecule has 172 valence electrons. The Hall–Kier alpha value is -3.20. The molecule has 0 fully saturated rings. The van der Waals surface area contributed by atoms with Gasteiger partial charge in [0.05, 0.1) is 17.1 Å². The average molecular weight is 487 g/mol. The Kier molecular flexibility index (Phi) is 8.21. The zero-order valence-corrected chi connectivity index (χ0v) is 19.4. The molecule has 0 aromatic heterocycles. The number of sulfonamides is 1. The number of carbonyl (C=O) groups excluding carboxylic acids is 2. The molecule has 0 aliphatic carbocycles. The predicted octanol–water partition coefficient (Wildman–Crippen LogP) is 4.05. The van der Waals surface area contributed by atoms with Crippen molar-refractivity contribution in [3.8, 4) is 0 Å². The van der Waals surface area contributed by atoms with Crippen LogP contribution in [0.25, 0.3) is 0 Å². The molecule has 0 aliphatic heterocycles. The lowest BCUT2D eigenvalue weighted by Crippen LogP contribution is -2.45. The lowest BCUT2D eigenvalue weighted by atomic mass is 10.1. The molecular formula is C24H23ClN2O5S. The second-order valence-corrected chi connectivity index (χ2v) is 9.26. The minimum absolute atomic E-state index is 0.00319. The number of esters is 1. The van der Waals surface area contributed by atoms with Crippen molar-refractivity contribution in [1.82, 2.24) is 4.72 Å². The number of carbonyl (C=O) groups is 2. The Morgan fingerprint density at radius 2 is 1.58 bits per heavy atom. The molecule has 0 aliphatic rings. The van der Waals surface area contributed by atoms with Crippen LogP contribution in [-0.4, -0.2) is 32.9 Å². The molecule has 3 rings (SSSR count). The quantitative estimate of drug-likeness (QED) is 0.444. The van der Waals surface area contributed by atoms with Crippen molar-refractivity contribution in [2.24, 2.45) is 0 Å². The van der Waals surface area contributed by atoms with Gasteiger partial charge in [-0.15, -0.1) is 0 Å². The van der Waals surface area contributed by atoms with Crippen molar-refractivity contribution >= 4 is 39.2 Å². The Morgan fingerprint density at radius 3 is 2.18 bits per heavy atom. The number of nitrogens with one attached hydrogen (secondary N) is 2. The third-order valence-corrected chi connectivity index (χ3v) is 6.42. The summed E-state index contributed by atoms with van der Waals surface area (Å²) in [6.07, 6.45) is 0.139. The number of ether oxygens (including phenoxy) is 1. The number of rotatable bonds is 9. The Bertz CT molecular complexity index is 1200. The molecule has 0 saturated carbocycles. The molecule has 33 heavy (non-hydrogen) atoms. The topological polar surface area (TPSA) is 102 Å². The summed E-state index contributed by atoms with van der Waals surface area (Å²) >= 11 is 5.86. The number of hydrogen-bond acceptors (Lipinski definition) is 5. The molecule has 0 bridgehead atoms. The highest BCUT2D eigenvalue weighted by Gasteiger charge is 2.26. The molecule has 1 amide bonds. The normalized spacial score (nSPS) is 12.1. The Balaban J connectivity index is 1.80. The summed E-state index contributed by atoms with van der Waals surface area (Å²) < 4.78 is 33.2. The zero-order chi connectivity index (χ0) is 23.8. The minimum atomic E-state index is -3.99. The first-order chi connectivity index (χ1) is 15.8. The van der Waals surface area contributed by atoms with E-state index in [4.69, 9.17) is 16.3 Å². The van der Waals surface area contributed by atoms with Crippen LogP contribution < -0.4 is 10.0 Å². The van der Waals surface area contributed by atoms with Gasteiger partial charge in [0.1, 0.15) is 6.04 Å². The van der Waals surface area contributed by atoms with E-state index in [0.717, 1.165) is 5.56 Å². The largest absolute Gasteiger partial charge is 0.462 e. The van der Waals surface area contributed by atoms with Gasteiger partial charge in [0.15, 0.2) is 0 Å². The molecule has 3 aromatic rings. The van der Waals surface area contributed by atoms with Gasteiger partial charge in [-0.1, -0.05) is 41.9 Å². The molecule has 1 atom stereocenters. The van der Waals surface area contributed by atoms with Crippen LogP contribution in [0, 0.1) is 0 Å². The van der Waals surface area contributed by atoms with Gasteiger partial charge in [-0.05, 0) is 67.4 Å². The van der Waals surface area contributed by atoms with Crippen LogP contribution in [0.3, 0.4) is 0 Å². The second-order valence-electron chi connectivity index (χ2n) is 7.10. The van der Waals surface area contributed by atoms with E-state index >= 15 is 0 Å². The molecule has 0 unspecified atom stereocenters. The highest BCUT2D eigenvalue weighted by molar-refractivity contribution is 7.89. The summed E-state index contributed by atoms with van der Waals surface area (Å²) in [5.74, 6) is -1.01. The van der Waals surface area contributed by atoms with Crippen LogP contribution in [0.15, 0.2) is 83.8 Å². The fourth-order valence-electron chi connectivity index (χ4n) is 3.04. The maximum Gasteiger partial charge on any atom is 0.338 e. The number of benzene rings is 3. The zero-order valence-electron chi connectivity index (χ0n) is 17.8. The van der Waals surface area contributed by atoms with E-state index in [1.807, 2.05) is 30.3 Å². The summed E-state index contributed by atoms with van der Waals surface area (Å²) in [6.45, 7) is 1.97. The standard InChI is InChI=1S/C24H23ClN2O5S/c1-2-32-24(29)18-8-12-20(13-9-18)26-23(28)22(16-17-6-4-3-5-7-17)27-33(30,31)21-14-10-19(25)11-15-21/h3-15,22,27H,2,16H2,1H3,(H,26,28)/t22-/m1/s1. The Labute approximate surface area is 197 Å². The van der Waals surface area contributed by atoms with Crippen molar-refractivity contribution in [2.45, 2.75) is 24.3 Å². The average Bonchev–Trinajstić information content (AvgIpc) is 2.80. The minimum Gasteiger partial charge on any atom is -0.462 e. The van der Waals surface area contributed by atoms with E-state index in [2.05, 4.69) is 10.0 Å². The summed E-state index contributed by atoms with van der Waals surface area (Å²) in [5, 5.41) is 3.11. The summed E-state index contributed by atoms with van der Waals surface area (Å²) in [7, 11) is -3.99. The first kappa shape index (κ1) is 24.4. The van der Waals surface area contributed by atoms with Gasteiger partial charge in [-0.3, -0.25) is 4.79 Å². The van der Waals surface area contributed by atoms with Crippen LogP contribution >= 0.6 is 11.6 Å². The van der Waals surface area contributed by atoms with E-state index in [1.54, 1.807) is 19.1 Å². The third kappa shape index (κ3) is 6.89. The van der Waals surface area contributed by atoms with Gasteiger partial charge in [0.25, 0.3) is 0 Å². The van der Waals surface area contributed by atoms with Crippen LogP contribution in [0.4, 0.5) is 5.69 Å². The fourth-order valence-corrected chi connectivity index (χ4v) is 4.36. The maximum atomic E-state index is 13.1. The maximum absolute atomic E-state index is 13.1. The monoisotopic (exact) mass is 486 g/mol. The lowest BCUT2D eigenvalue weighted by molar-refractivity contribution is -0.117. The molecule has 0 radical (unpaired) electrons. The van der Waals surface area contributed by atoms with Crippen molar-refractivity contribution in [3.63, 3.8) is 0 Å². The number of amides is 1. The Morgan fingerprint density at radius 1 is 0.939 bits per heavy atom. The summed E-state index contributed by atoms with van der Waals surface area (Å²) in [6, 6.07) is 19.8. The van der Waals surface area contributed by atoms with Crippen LogP contribution in [-0.2, 0) is 26.0 Å². The van der Waals surface area contributed by atoms with E-state index in [-0.39, 0.29) is 17.9 Å². The molecule has 9 heteroatoms. The number of hydrogen-bond donors (Lipinski definition) is 2. The molecule has 0 saturated heterocycles. The van der Waals surface area contributed by atoms with E-state index in [1.165, 1.54) is 36.4 Å². The molecule has 2 N–H and O–H groups in total. The number of halogens is 1. The fraction of sp³-hybridized carbons (Fsp3) is 0.167. The van der Waals surface area contributed by atoms with E-state index < -0.39 is 27.9 Å². The van der Waals surface area contributed by atoms with Crippen molar-refractivity contribution < 1.29 is 22.7 Å². The summed E-state index contributed by atoms with van der Waals surface area (Å²) in [5.41, 5.74) is 1.55. The molecule has 0 heterocycles. The van der Waals surface area contributed by atoms with Crippen molar-refractivity contribution in [2.75, 3.05) is 11.9 Å². The predicted molar refractivity (Wildman–Crippen MR) is 127 cm³/mol. The van der Waals surface area contributed by atoms with E-state index in [0.29, 0.717) is 16.3 Å². The molecule has 7 nitrogen and oxygen atoms in total. The molecule has 3 aromatic carbocycles. The highest BCUT2D eigenvalue weighted by Crippen LogP contribution is 2.17. The van der Waals surface area contributed by atoms with Crippen molar-refractivity contribution in [3.05, 3.63) is 95.0 Å². The van der Waals surface area contributed by atoms with Gasteiger partial charge in [-0.25, -0.2) is 13.2 Å². The van der Waals surface area contributed by atoms with Crippen LogP contribution in [0.1, 0.15) is 22.8 Å². The van der Waals surface area contributed by atoms with Gasteiger partial charge >= 0.3 is 5.97 Å².